The monoisotopic (exact) mass is 397 g/mol. The lowest BCUT2D eigenvalue weighted by Crippen LogP contribution is -2.21. The van der Waals surface area contributed by atoms with Crippen LogP contribution in [0.5, 0.6) is 17.2 Å². The minimum Gasteiger partial charge on any atom is -0.507 e. The second kappa shape index (κ2) is 8.68. The fraction of sp³-hybridized carbons (Fsp3) is 0.273. The fourth-order valence-corrected chi connectivity index (χ4v) is 3.50. The van der Waals surface area contributed by atoms with E-state index in [1.807, 2.05) is 0 Å². The number of hydrogen-bond acceptors (Lipinski definition) is 6. The quantitative estimate of drug-likeness (QED) is 0.594. The van der Waals surface area contributed by atoms with Crippen LogP contribution in [0.3, 0.4) is 0 Å². The number of esters is 1. The Labute approximate surface area is 167 Å². The molecular weight excluding hydrogens is 374 g/mol. The Hall–Kier alpha value is -3.48. The molecule has 1 atom stereocenters. The summed E-state index contributed by atoms with van der Waals surface area (Å²) >= 11 is 0. The summed E-state index contributed by atoms with van der Waals surface area (Å²) in [5, 5.41) is 11.4. The van der Waals surface area contributed by atoms with Crippen LogP contribution in [0, 0.1) is 0 Å². The van der Waals surface area contributed by atoms with Crippen LogP contribution in [0.15, 0.2) is 47.3 Å². The Morgan fingerprint density at radius 1 is 1.10 bits per heavy atom. The molecule has 0 aliphatic heterocycles. The predicted octanol–water partition coefficient (Wildman–Crippen LogP) is 3.34. The van der Waals surface area contributed by atoms with Crippen molar-refractivity contribution in [2.45, 2.75) is 19.3 Å². The lowest BCUT2D eigenvalue weighted by Gasteiger charge is -2.22. The van der Waals surface area contributed by atoms with Crippen LogP contribution in [-0.2, 0) is 9.53 Å². The Morgan fingerprint density at radius 2 is 1.86 bits per heavy atom. The molecule has 7 heteroatoms. The molecule has 3 aromatic rings. The highest BCUT2D eigenvalue weighted by Gasteiger charge is 2.29. The van der Waals surface area contributed by atoms with E-state index in [1.54, 1.807) is 49.4 Å². The summed E-state index contributed by atoms with van der Waals surface area (Å²) < 4.78 is 16.0. The number of carbonyl (C=O) groups excluding carboxylic acids is 1. The molecule has 152 valence electrons. The maximum Gasteiger partial charge on any atom is 0.306 e. The number of rotatable bonds is 7. The average Bonchev–Trinajstić information content (AvgIpc) is 2.72. The number of aromatic amines is 1. The molecule has 0 fully saturated rings. The Balaban J connectivity index is 2.27. The summed E-state index contributed by atoms with van der Waals surface area (Å²) in [5.74, 6) is -0.628. The number of pyridine rings is 1. The van der Waals surface area contributed by atoms with E-state index in [0.29, 0.717) is 28.0 Å². The highest BCUT2D eigenvalue weighted by molar-refractivity contribution is 5.86. The van der Waals surface area contributed by atoms with Crippen LogP contribution >= 0.6 is 0 Å². The summed E-state index contributed by atoms with van der Waals surface area (Å²) in [6, 6.07) is 12.1. The molecule has 29 heavy (non-hydrogen) atoms. The smallest absolute Gasteiger partial charge is 0.306 e. The highest BCUT2D eigenvalue weighted by Crippen LogP contribution is 2.42. The van der Waals surface area contributed by atoms with Crippen molar-refractivity contribution in [1.82, 2.24) is 4.98 Å². The standard InChI is InChI=1S/C22H23NO6/c1-4-29-18(24)12-15(13-9-7-11-17(27-2)21(13)28-3)19-20(25)14-8-5-6-10-16(14)23-22(19)26/h5-11,15H,4,12H2,1-3H3,(H2,23,25,26)/t15-/m1/s1. The number of benzene rings is 2. The third-order valence-electron chi connectivity index (χ3n) is 4.76. The zero-order chi connectivity index (χ0) is 21.0. The van der Waals surface area contributed by atoms with Crippen LogP contribution < -0.4 is 15.0 Å². The lowest BCUT2D eigenvalue weighted by atomic mass is 9.87. The minimum absolute atomic E-state index is 0.0725. The van der Waals surface area contributed by atoms with E-state index in [-0.39, 0.29) is 24.3 Å². The van der Waals surface area contributed by atoms with Crippen molar-refractivity contribution in [3.05, 3.63) is 63.9 Å². The van der Waals surface area contributed by atoms with Gasteiger partial charge in [0.2, 0.25) is 0 Å². The molecule has 2 aromatic carbocycles. The van der Waals surface area contributed by atoms with Crippen molar-refractivity contribution in [3.63, 3.8) is 0 Å². The van der Waals surface area contributed by atoms with Crippen molar-refractivity contribution in [3.8, 4) is 17.2 Å². The molecule has 0 aliphatic rings. The van der Waals surface area contributed by atoms with E-state index in [1.165, 1.54) is 14.2 Å². The molecule has 7 nitrogen and oxygen atoms in total. The number of carbonyl (C=O) groups is 1. The van der Waals surface area contributed by atoms with E-state index in [0.717, 1.165) is 0 Å². The van der Waals surface area contributed by atoms with Gasteiger partial charge in [0, 0.05) is 16.9 Å². The van der Waals surface area contributed by atoms with E-state index >= 15 is 0 Å². The van der Waals surface area contributed by atoms with Gasteiger partial charge in [-0.25, -0.2) is 0 Å². The van der Waals surface area contributed by atoms with Gasteiger partial charge >= 0.3 is 5.97 Å². The van der Waals surface area contributed by atoms with Crippen molar-refractivity contribution < 1.29 is 24.1 Å². The van der Waals surface area contributed by atoms with E-state index in [4.69, 9.17) is 14.2 Å². The molecule has 0 radical (unpaired) electrons. The summed E-state index contributed by atoms with van der Waals surface area (Å²) in [6.07, 6.45) is -0.146. The molecule has 0 saturated carbocycles. The molecular formula is C22H23NO6. The van der Waals surface area contributed by atoms with Gasteiger partial charge in [-0.05, 0) is 25.1 Å². The zero-order valence-corrected chi connectivity index (χ0v) is 16.5. The third kappa shape index (κ3) is 3.89. The number of aromatic hydroxyl groups is 1. The van der Waals surface area contributed by atoms with Crippen LogP contribution in [0.2, 0.25) is 0 Å². The summed E-state index contributed by atoms with van der Waals surface area (Å²) in [7, 11) is 2.98. The largest absolute Gasteiger partial charge is 0.507 e. The molecule has 1 aromatic heterocycles. The Bertz CT molecular complexity index is 1090. The van der Waals surface area contributed by atoms with E-state index in [2.05, 4.69) is 4.98 Å². The second-order valence-electron chi connectivity index (χ2n) is 6.41. The number of methoxy groups -OCH3 is 2. The van der Waals surface area contributed by atoms with Crippen molar-refractivity contribution in [1.29, 1.82) is 0 Å². The SMILES string of the molecule is CCOC(=O)C[C@H](c1cccc(OC)c1OC)c1c(O)c2ccccc2[nH]c1=O. The number of ether oxygens (including phenoxy) is 3. The van der Waals surface area contributed by atoms with Crippen LogP contribution in [-0.4, -0.2) is 36.9 Å². The van der Waals surface area contributed by atoms with Gasteiger partial charge in [-0.3, -0.25) is 9.59 Å². The molecule has 0 spiro atoms. The van der Waals surface area contributed by atoms with Gasteiger partial charge in [0.05, 0.1) is 38.3 Å². The van der Waals surface area contributed by atoms with Gasteiger partial charge < -0.3 is 24.3 Å². The normalized spacial score (nSPS) is 11.8. The summed E-state index contributed by atoms with van der Waals surface area (Å²) in [5.41, 5.74) is 0.630. The van der Waals surface area contributed by atoms with Gasteiger partial charge in [-0.2, -0.15) is 0 Å². The number of hydrogen-bond donors (Lipinski definition) is 2. The average molecular weight is 397 g/mol. The molecule has 0 unspecified atom stereocenters. The first-order valence-corrected chi connectivity index (χ1v) is 9.22. The third-order valence-corrected chi connectivity index (χ3v) is 4.76. The van der Waals surface area contributed by atoms with Crippen LogP contribution in [0.25, 0.3) is 10.9 Å². The number of para-hydroxylation sites is 2. The Morgan fingerprint density at radius 3 is 2.55 bits per heavy atom. The van der Waals surface area contributed by atoms with E-state index in [9.17, 15) is 14.7 Å². The second-order valence-corrected chi connectivity index (χ2v) is 6.41. The number of H-pyrrole nitrogens is 1. The topological polar surface area (TPSA) is 97.8 Å². The van der Waals surface area contributed by atoms with Gasteiger partial charge in [-0.15, -0.1) is 0 Å². The first-order chi connectivity index (χ1) is 14.0. The first kappa shape index (κ1) is 20.3. The predicted molar refractivity (Wildman–Crippen MR) is 109 cm³/mol. The van der Waals surface area contributed by atoms with Gasteiger partial charge in [0.1, 0.15) is 5.75 Å². The first-order valence-electron chi connectivity index (χ1n) is 9.22. The van der Waals surface area contributed by atoms with Gasteiger partial charge in [0.15, 0.2) is 11.5 Å². The van der Waals surface area contributed by atoms with Crippen LogP contribution in [0.4, 0.5) is 0 Å². The molecule has 0 aliphatic carbocycles. The molecule has 3 rings (SSSR count). The van der Waals surface area contributed by atoms with Gasteiger partial charge in [0.25, 0.3) is 5.56 Å². The lowest BCUT2D eigenvalue weighted by molar-refractivity contribution is -0.143. The van der Waals surface area contributed by atoms with Crippen molar-refractivity contribution >= 4 is 16.9 Å². The van der Waals surface area contributed by atoms with Crippen LogP contribution in [0.1, 0.15) is 30.4 Å². The molecule has 0 saturated heterocycles. The summed E-state index contributed by atoms with van der Waals surface area (Å²) in [6.45, 7) is 1.92. The number of aromatic nitrogens is 1. The fourth-order valence-electron chi connectivity index (χ4n) is 3.50. The molecule has 1 heterocycles. The Kier molecular flexibility index (Phi) is 6.07. The molecule has 0 amide bonds. The summed E-state index contributed by atoms with van der Waals surface area (Å²) in [4.78, 5) is 28.1. The minimum atomic E-state index is -0.799. The molecule has 2 N–H and O–H groups in total. The van der Waals surface area contributed by atoms with E-state index < -0.39 is 17.4 Å². The molecule has 0 bridgehead atoms. The number of nitrogens with one attached hydrogen (secondary N) is 1. The maximum atomic E-state index is 12.9. The number of fused-ring (bicyclic) bond motifs is 1. The zero-order valence-electron chi connectivity index (χ0n) is 16.5. The maximum absolute atomic E-state index is 12.9. The highest BCUT2D eigenvalue weighted by atomic mass is 16.5. The van der Waals surface area contributed by atoms with Gasteiger partial charge in [-0.1, -0.05) is 24.3 Å². The van der Waals surface area contributed by atoms with Crippen molar-refractivity contribution in [2.75, 3.05) is 20.8 Å². The van der Waals surface area contributed by atoms with Crippen molar-refractivity contribution in [2.24, 2.45) is 0 Å².